The highest BCUT2D eigenvalue weighted by molar-refractivity contribution is 5.94. The van der Waals surface area contributed by atoms with Crippen LogP contribution in [0.4, 0.5) is 0 Å². The lowest BCUT2D eigenvalue weighted by Crippen LogP contribution is -2.22. The third kappa shape index (κ3) is 4.62. The van der Waals surface area contributed by atoms with Crippen LogP contribution in [0.2, 0.25) is 0 Å². The molecular weight excluding hydrogens is 240 g/mol. The molecule has 1 heterocycles. The van der Waals surface area contributed by atoms with Crippen molar-refractivity contribution in [3.63, 3.8) is 0 Å². The molecule has 1 aromatic carbocycles. The van der Waals surface area contributed by atoms with E-state index in [1.165, 1.54) is 6.42 Å². The number of hydrogen-bond donors (Lipinski definition) is 0. The highest BCUT2D eigenvalue weighted by atomic mass is 16.7. The van der Waals surface area contributed by atoms with Crippen molar-refractivity contribution < 1.29 is 14.3 Å². The lowest BCUT2D eigenvalue weighted by Gasteiger charge is -2.21. The van der Waals surface area contributed by atoms with Crippen molar-refractivity contribution in [3.05, 3.63) is 41.5 Å². The van der Waals surface area contributed by atoms with Crippen LogP contribution in [0.3, 0.4) is 0 Å². The fourth-order valence-corrected chi connectivity index (χ4v) is 2.02. The first-order chi connectivity index (χ1) is 9.25. The quantitative estimate of drug-likeness (QED) is 0.761. The molecular formula is C16H20O3. The molecule has 0 N–H and O–H groups in total. The second kappa shape index (κ2) is 7.22. The molecule has 1 saturated heterocycles. The number of benzene rings is 1. The van der Waals surface area contributed by atoms with Crippen LogP contribution in [0.25, 0.3) is 6.08 Å². The lowest BCUT2D eigenvalue weighted by molar-refractivity contribution is -0.155. The molecule has 1 atom stereocenters. The van der Waals surface area contributed by atoms with Gasteiger partial charge in [-0.1, -0.05) is 36.4 Å². The minimum Gasteiger partial charge on any atom is -0.353 e. The van der Waals surface area contributed by atoms with E-state index in [0.29, 0.717) is 6.61 Å². The lowest BCUT2D eigenvalue weighted by atomic mass is 10.1. The van der Waals surface area contributed by atoms with Crippen LogP contribution in [0.15, 0.2) is 30.3 Å². The molecule has 0 aromatic heterocycles. The molecule has 0 radical (unpaired) electrons. The highest BCUT2D eigenvalue weighted by Crippen LogP contribution is 2.13. The first-order valence-electron chi connectivity index (χ1n) is 6.76. The number of hydrogen-bond acceptors (Lipinski definition) is 3. The Bertz CT molecular complexity index is 428. The zero-order chi connectivity index (χ0) is 13.5. The standard InChI is InChI=1S/C16H20O3/c1-13(17)15-9-7-14(8-10-15)5-4-12-19-16-6-2-3-11-18-16/h4-5,7-10,16H,2-3,6,11-12H2,1H3/b5-4+. The van der Waals surface area contributed by atoms with Crippen molar-refractivity contribution in [3.8, 4) is 0 Å². The molecule has 1 unspecified atom stereocenters. The van der Waals surface area contributed by atoms with Crippen molar-refractivity contribution in [1.82, 2.24) is 0 Å². The Morgan fingerprint density at radius 3 is 2.79 bits per heavy atom. The van der Waals surface area contributed by atoms with Gasteiger partial charge in [-0.2, -0.15) is 0 Å². The molecule has 102 valence electrons. The topological polar surface area (TPSA) is 35.5 Å². The average molecular weight is 260 g/mol. The highest BCUT2D eigenvalue weighted by Gasteiger charge is 2.12. The molecule has 0 saturated carbocycles. The number of carbonyl (C=O) groups excluding carboxylic acids is 1. The Labute approximate surface area is 114 Å². The molecule has 1 aromatic rings. The van der Waals surface area contributed by atoms with E-state index in [2.05, 4.69) is 0 Å². The minimum absolute atomic E-state index is 0.0431. The van der Waals surface area contributed by atoms with E-state index in [-0.39, 0.29) is 12.1 Å². The molecule has 0 aliphatic carbocycles. The third-order valence-corrected chi connectivity index (χ3v) is 3.14. The summed E-state index contributed by atoms with van der Waals surface area (Å²) in [6.07, 6.45) is 7.23. The normalized spacial score (nSPS) is 19.7. The van der Waals surface area contributed by atoms with Gasteiger partial charge in [0.15, 0.2) is 12.1 Å². The fraction of sp³-hybridized carbons (Fsp3) is 0.438. The largest absolute Gasteiger partial charge is 0.353 e. The summed E-state index contributed by atoms with van der Waals surface area (Å²) in [5.74, 6) is 0.0910. The Hall–Kier alpha value is -1.45. The number of Topliss-reactive ketones (excluding diaryl/α,β-unsaturated/α-hetero) is 1. The minimum atomic E-state index is -0.0431. The summed E-state index contributed by atoms with van der Waals surface area (Å²) < 4.78 is 11.1. The van der Waals surface area contributed by atoms with Crippen LogP contribution in [-0.2, 0) is 9.47 Å². The predicted octanol–water partition coefficient (Wildman–Crippen LogP) is 3.45. The van der Waals surface area contributed by atoms with E-state index >= 15 is 0 Å². The van der Waals surface area contributed by atoms with Gasteiger partial charge < -0.3 is 9.47 Å². The van der Waals surface area contributed by atoms with Crippen LogP contribution in [-0.4, -0.2) is 25.3 Å². The van der Waals surface area contributed by atoms with E-state index in [1.54, 1.807) is 6.92 Å². The first kappa shape index (κ1) is 14.0. The Kier molecular flexibility index (Phi) is 5.31. The van der Waals surface area contributed by atoms with Crippen LogP contribution < -0.4 is 0 Å². The first-order valence-corrected chi connectivity index (χ1v) is 6.76. The molecule has 19 heavy (non-hydrogen) atoms. The molecule has 0 amide bonds. The van der Waals surface area contributed by atoms with Gasteiger partial charge in [0, 0.05) is 12.2 Å². The fourth-order valence-electron chi connectivity index (χ4n) is 2.02. The monoisotopic (exact) mass is 260 g/mol. The number of rotatable bonds is 5. The molecule has 1 aliphatic heterocycles. The van der Waals surface area contributed by atoms with Crippen molar-refractivity contribution in [2.45, 2.75) is 32.5 Å². The van der Waals surface area contributed by atoms with Crippen LogP contribution in [0.1, 0.15) is 42.1 Å². The summed E-state index contributed by atoms with van der Waals surface area (Å²) in [6, 6.07) is 7.55. The Morgan fingerprint density at radius 2 is 2.16 bits per heavy atom. The van der Waals surface area contributed by atoms with Gasteiger partial charge >= 0.3 is 0 Å². The average Bonchev–Trinajstić information content (AvgIpc) is 2.45. The van der Waals surface area contributed by atoms with Gasteiger partial charge in [-0.05, 0) is 31.7 Å². The van der Waals surface area contributed by atoms with Gasteiger partial charge in [0.2, 0.25) is 0 Å². The molecule has 2 rings (SSSR count). The molecule has 0 bridgehead atoms. The predicted molar refractivity (Wildman–Crippen MR) is 75.0 cm³/mol. The van der Waals surface area contributed by atoms with Gasteiger partial charge in [-0.15, -0.1) is 0 Å². The van der Waals surface area contributed by atoms with Crippen LogP contribution in [0, 0.1) is 0 Å². The third-order valence-electron chi connectivity index (χ3n) is 3.14. The summed E-state index contributed by atoms with van der Waals surface area (Å²) in [7, 11) is 0. The van der Waals surface area contributed by atoms with Crippen LogP contribution in [0.5, 0.6) is 0 Å². The maximum absolute atomic E-state index is 11.1. The van der Waals surface area contributed by atoms with Crippen molar-refractivity contribution in [2.75, 3.05) is 13.2 Å². The summed E-state index contributed by atoms with van der Waals surface area (Å²) in [6.45, 7) is 2.93. The summed E-state index contributed by atoms with van der Waals surface area (Å²) in [5.41, 5.74) is 1.81. The Morgan fingerprint density at radius 1 is 1.37 bits per heavy atom. The van der Waals surface area contributed by atoms with E-state index in [0.717, 1.165) is 30.6 Å². The van der Waals surface area contributed by atoms with Gasteiger partial charge in [-0.3, -0.25) is 4.79 Å². The smallest absolute Gasteiger partial charge is 0.159 e. The van der Waals surface area contributed by atoms with Crippen molar-refractivity contribution >= 4 is 11.9 Å². The molecule has 3 heteroatoms. The SMILES string of the molecule is CC(=O)c1ccc(/C=C/COC2CCCCO2)cc1. The zero-order valence-corrected chi connectivity index (χ0v) is 11.3. The van der Waals surface area contributed by atoms with E-state index in [4.69, 9.17) is 9.47 Å². The molecule has 1 aliphatic rings. The van der Waals surface area contributed by atoms with Crippen LogP contribution >= 0.6 is 0 Å². The van der Waals surface area contributed by atoms with E-state index in [9.17, 15) is 4.79 Å². The van der Waals surface area contributed by atoms with Crippen molar-refractivity contribution in [2.24, 2.45) is 0 Å². The Balaban J connectivity index is 1.76. The number of carbonyl (C=O) groups is 1. The second-order valence-electron chi connectivity index (χ2n) is 4.71. The molecule has 3 nitrogen and oxygen atoms in total. The molecule has 1 fully saturated rings. The number of ether oxygens (including phenoxy) is 2. The zero-order valence-electron chi connectivity index (χ0n) is 11.3. The number of ketones is 1. The summed E-state index contributed by atoms with van der Waals surface area (Å²) >= 11 is 0. The van der Waals surface area contributed by atoms with E-state index in [1.807, 2.05) is 36.4 Å². The van der Waals surface area contributed by atoms with Gasteiger partial charge in [0.1, 0.15) is 0 Å². The second-order valence-corrected chi connectivity index (χ2v) is 4.71. The van der Waals surface area contributed by atoms with Gasteiger partial charge in [0.05, 0.1) is 6.61 Å². The summed E-state index contributed by atoms with van der Waals surface area (Å²) in [5, 5.41) is 0. The van der Waals surface area contributed by atoms with E-state index < -0.39 is 0 Å². The summed E-state index contributed by atoms with van der Waals surface area (Å²) in [4.78, 5) is 11.1. The van der Waals surface area contributed by atoms with Gasteiger partial charge in [-0.25, -0.2) is 0 Å². The maximum atomic E-state index is 11.1. The van der Waals surface area contributed by atoms with Gasteiger partial charge in [0.25, 0.3) is 0 Å². The van der Waals surface area contributed by atoms with Crippen molar-refractivity contribution in [1.29, 1.82) is 0 Å². The molecule has 0 spiro atoms. The maximum Gasteiger partial charge on any atom is 0.159 e.